The summed E-state index contributed by atoms with van der Waals surface area (Å²) in [5.41, 5.74) is 0. The fourth-order valence-corrected chi connectivity index (χ4v) is 3.15. The number of nitro groups is 1. The zero-order chi connectivity index (χ0) is 15.0. The highest BCUT2D eigenvalue weighted by Gasteiger charge is 2.54. The van der Waals surface area contributed by atoms with Crippen LogP contribution in [0.2, 0.25) is 0 Å². The molecule has 7 heteroatoms. The van der Waals surface area contributed by atoms with Crippen molar-refractivity contribution in [2.24, 2.45) is 11.8 Å². The summed E-state index contributed by atoms with van der Waals surface area (Å²) < 4.78 is 0. The largest absolute Gasteiger partial charge is 0.353 e. The number of likely N-dealkylation sites (tertiary alicyclic amines) is 1. The zero-order valence-corrected chi connectivity index (χ0v) is 12.0. The SMILES string of the molecule is O=C(NC1CCN(C(=O)[C@H]2C[C@@H]2[N+](=O)[O-])CC1)C1CCC1. The van der Waals surface area contributed by atoms with Gasteiger partial charge in [-0.1, -0.05) is 6.42 Å². The molecule has 1 saturated heterocycles. The Morgan fingerprint density at radius 3 is 2.29 bits per heavy atom. The number of hydrogen-bond donors (Lipinski definition) is 1. The summed E-state index contributed by atoms with van der Waals surface area (Å²) in [5.74, 6) is -0.153. The Bertz CT molecular complexity index is 455. The number of carbonyl (C=O) groups is 2. The van der Waals surface area contributed by atoms with Gasteiger partial charge in [-0.2, -0.15) is 0 Å². The van der Waals surface area contributed by atoms with Crippen LogP contribution < -0.4 is 5.32 Å². The number of hydrogen-bond acceptors (Lipinski definition) is 4. The monoisotopic (exact) mass is 295 g/mol. The van der Waals surface area contributed by atoms with Crippen LogP contribution in [0.15, 0.2) is 0 Å². The van der Waals surface area contributed by atoms with Crippen molar-refractivity contribution in [3.8, 4) is 0 Å². The molecule has 0 aromatic carbocycles. The van der Waals surface area contributed by atoms with Gasteiger partial charge in [-0.05, 0) is 25.7 Å². The van der Waals surface area contributed by atoms with Crippen LogP contribution in [0.1, 0.15) is 38.5 Å². The number of amides is 2. The van der Waals surface area contributed by atoms with E-state index in [1.807, 2.05) is 0 Å². The molecule has 0 aromatic heterocycles. The lowest BCUT2D eigenvalue weighted by atomic mass is 9.84. The molecule has 2 amide bonds. The van der Waals surface area contributed by atoms with Gasteiger partial charge >= 0.3 is 0 Å². The van der Waals surface area contributed by atoms with Gasteiger partial charge < -0.3 is 10.2 Å². The minimum atomic E-state index is -0.673. The molecule has 21 heavy (non-hydrogen) atoms. The van der Waals surface area contributed by atoms with Crippen LogP contribution in [0, 0.1) is 22.0 Å². The second-order valence-electron chi connectivity index (χ2n) is 6.43. The Morgan fingerprint density at radius 1 is 1.14 bits per heavy atom. The highest BCUT2D eigenvalue weighted by atomic mass is 16.6. The van der Waals surface area contributed by atoms with Gasteiger partial charge in [0.25, 0.3) is 0 Å². The van der Waals surface area contributed by atoms with Crippen LogP contribution in [0.3, 0.4) is 0 Å². The van der Waals surface area contributed by atoms with E-state index >= 15 is 0 Å². The lowest BCUT2D eigenvalue weighted by Gasteiger charge is -2.34. The molecule has 3 rings (SSSR count). The molecule has 3 aliphatic rings. The van der Waals surface area contributed by atoms with Crippen molar-refractivity contribution in [3.63, 3.8) is 0 Å². The van der Waals surface area contributed by atoms with E-state index in [-0.39, 0.29) is 28.7 Å². The predicted octanol–water partition coefficient (Wildman–Crippen LogP) is 0.559. The lowest BCUT2D eigenvalue weighted by Crippen LogP contribution is -2.49. The maximum absolute atomic E-state index is 12.1. The molecule has 0 radical (unpaired) electrons. The molecule has 2 aliphatic carbocycles. The molecule has 1 heterocycles. The van der Waals surface area contributed by atoms with E-state index in [0.717, 1.165) is 32.1 Å². The zero-order valence-electron chi connectivity index (χ0n) is 12.0. The average Bonchev–Trinajstić information content (AvgIpc) is 3.17. The van der Waals surface area contributed by atoms with Crippen molar-refractivity contribution in [2.75, 3.05) is 13.1 Å². The molecule has 0 aromatic rings. The molecule has 0 bridgehead atoms. The van der Waals surface area contributed by atoms with E-state index in [0.29, 0.717) is 19.5 Å². The van der Waals surface area contributed by atoms with Crippen LogP contribution >= 0.6 is 0 Å². The highest BCUT2D eigenvalue weighted by molar-refractivity contribution is 5.82. The van der Waals surface area contributed by atoms with Crippen molar-refractivity contribution >= 4 is 11.8 Å². The molecule has 2 atom stereocenters. The fourth-order valence-electron chi connectivity index (χ4n) is 3.15. The number of piperidine rings is 1. The van der Waals surface area contributed by atoms with Crippen molar-refractivity contribution < 1.29 is 14.5 Å². The van der Waals surface area contributed by atoms with Crippen LogP contribution in [0.5, 0.6) is 0 Å². The summed E-state index contributed by atoms with van der Waals surface area (Å²) in [6, 6.07) is -0.527. The molecule has 1 aliphatic heterocycles. The summed E-state index contributed by atoms with van der Waals surface area (Å²) in [6.45, 7) is 1.19. The third-order valence-corrected chi connectivity index (χ3v) is 4.97. The van der Waals surface area contributed by atoms with Gasteiger partial charge in [-0.3, -0.25) is 19.7 Å². The lowest BCUT2D eigenvalue weighted by molar-refractivity contribution is -0.497. The number of nitrogens with one attached hydrogen (secondary N) is 1. The standard InChI is InChI=1S/C14H21N3O4/c18-13(9-2-1-3-9)15-10-4-6-16(7-5-10)14(19)11-8-12(11)17(20)21/h9-12H,1-8H2,(H,15,18)/t11-,12-/m0/s1. The number of carbonyl (C=O) groups excluding carboxylic acids is 2. The van der Waals surface area contributed by atoms with E-state index in [9.17, 15) is 19.7 Å². The van der Waals surface area contributed by atoms with Gasteiger partial charge in [0.15, 0.2) is 0 Å². The Hall–Kier alpha value is -1.66. The molecule has 0 unspecified atom stereocenters. The Kier molecular flexibility index (Phi) is 3.82. The van der Waals surface area contributed by atoms with Crippen molar-refractivity contribution in [1.29, 1.82) is 0 Å². The molecule has 1 N–H and O–H groups in total. The second kappa shape index (κ2) is 5.61. The highest BCUT2D eigenvalue weighted by Crippen LogP contribution is 2.35. The number of rotatable bonds is 4. The molecule has 7 nitrogen and oxygen atoms in total. The summed E-state index contributed by atoms with van der Waals surface area (Å²) in [4.78, 5) is 36.0. The van der Waals surface area contributed by atoms with Crippen LogP contribution in [0.4, 0.5) is 0 Å². The topological polar surface area (TPSA) is 92.6 Å². The first-order valence-electron chi connectivity index (χ1n) is 7.79. The quantitative estimate of drug-likeness (QED) is 0.606. The van der Waals surface area contributed by atoms with Gasteiger partial charge in [-0.15, -0.1) is 0 Å². The number of nitrogens with zero attached hydrogens (tertiary/aromatic N) is 2. The second-order valence-corrected chi connectivity index (χ2v) is 6.43. The molecule has 2 saturated carbocycles. The van der Waals surface area contributed by atoms with Crippen LogP contribution in [0.25, 0.3) is 0 Å². The molecule has 116 valence electrons. The normalized spacial score (nSPS) is 29.6. The third-order valence-electron chi connectivity index (χ3n) is 4.97. The van der Waals surface area contributed by atoms with E-state index < -0.39 is 12.0 Å². The van der Waals surface area contributed by atoms with Crippen molar-refractivity contribution in [1.82, 2.24) is 10.2 Å². The summed E-state index contributed by atoms with van der Waals surface area (Å²) >= 11 is 0. The Morgan fingerprint density at radius 2 is 1.81 bits per heavy atom. The van der Waals surface area contributed by atoms with E-state index in [4.69, 9.17) is 0 Å². The molecule has 3 fully saturated rings. The van der Waals surface area contributed by atoms with Crippen molar-refractivity contribution in [2.45, 2.75) is 50.6 Å². The third kappa shape index (κ3) is 3.01. The van der Waals surface area contributed by atoms with Gasteiger partial charge in [0.05, 0.1) is 0 Å². The summed E-state index contributed by atoms with van der Waals surface area (Å²) in [6.07, 6.45) is 5.01. The maximum Gasteiger partial charge on any atom is 0.232 e. The van der Waals surface area contributed by atoms with Crippen molar-refractivity contribution in [3.05, 3.63) is 10.1 Å². The first-order valence-corrected chi connectivity index (χ1v) is 7.79. The minimum absolute atomic E-state index is 0.0829. The first-order chi connectivity index (χ1) is 10.1. The fraction of sp³-hybridized carbons (Fsp3) is 0.857. The van der Waals surface area contributed by atoms with E-state index in [2.05, 4.69) is 5.32 Å². The Balaban J connectivity index is 1.41. The first kappa shape index (κ1) is 14.3. The minimum Gasteiger partial charge on any atom is -0.353 e. The van der Waals surface area contributed by atoms with Gasteiger partial charge in [0.2, 0.25) is 17.9 Å². The van der Waals surface area contributed by atoms with Gasteiger partial charge in [0.1, 0.15) is 5.92 Å². The predicted molar refractivity (Wildman–Crippen MR) is 74.0 cm³/mol. The summed E-state index contributed by atoms with van der Waals surface area (Å²) in [5, 5.41) is 13.7. The smallest absolute Gasteiger partial charge is 0.232 e. The maximum atomic E-state index is 12.1. The van der Waals surface area contributed by atoms with Crippen LogP contribution in [-0.2, 0) is 9.59 Å². The molecular formula is C14H21N3O4. The molecule has 0 spiro atoms. The summed E-state index contributed by atoms with van der Waals surface area (Å²) in [7, 11) is 0. The average molecular weight is 295 g/mol. The van der Waals surface area contributed by atoms with E-state index in [1.165, 1.54) is 0 Å². The van der Waals surface area contributed by atoms with Gasteiger partial charge in [0, 0.05) is 36.4 Å². The van der Waals surface area contributed by atoms with Crippen LogP contribution in [-0.4, -0.2) is 46.8 Å². The van der Waals surface area contributed by atoms with Gasteiger partial charge in [-0.25, -0.2) is 0 Å². The Labute approximate surface area is 123 Å². The van der Waals surface area contributed by atoms with E-state index in [1.54, 1.807) is 4.90 Å². The molecular weight excluding hydrogens is 274 g/mol.